The van der Waals surface area contributed by atoms with E-state index in [0.29, 0.717) is 11.4 Å². The van der Waals surface area contributed by atoms with Crippen LogP contribution in [0.4, 0.5) is 0 Å². The molecule has 0 radical (unpaired) electrons. The summed E-state index contributed by atoms with van der Waals surface area (Å²) in [5.74, 6) is -0.00725. The van der Waals surface area contributed by atoms with Crippen LogP contribution in [0.25, 0.3) is 0 Å². The number of alkyl halides is 1. The first kappa shape index (κ1) is 9.07. The Bertz CT molecular complexity index is 309. The number of hydrogen-bond donors (Lipinski definition) is 1. The van der Waals surface area contributed by atoms with Crippen LogP contribution in [0.3, 0.4) is 0 Å². The van der Waals surface area contributed by atoms with E-state index < -0.39 is 5.91 Å². The Morgan fingerprint density at radius 2 is 2.17 bits per heavy atom. The van der Waals surface area contributed by atoms with Crippen LogP contribution in [-0.4, -0.2) is 5.91 Å². The molecule has 0 spiro atoms. The van der Waals surface area contributed by atoms with E-state index in [1.54, 1.807) is 12.1 Å². The van der Waals surface area contributed by atoms with Gasteiger partial charge in [0, 0.05) is 11.4 Å². The Morgan fingerprint density at radius 3 is 2.67 bits per heavy atom. The molecule has 0 fully saturated rings. The minimum atomic E-state index is -0.412. The van der Waals surface area contributed by atoms with Gasteiger partial charge in [-0.15, -0.1) is 11.6 Å². The van der Waals surface area contributed by atoms with E-state index in [1.165, 1.54) is 0 Å². The second-order valence-corrected chi connectivity index (χ2v) is 2.97. The molecule has 0 saturated heterocycles. The van der Waals surface area contributed by atoms with Crippen molar-refractivity contribution in [2.24, 2.45) is 5.73 Å². The summed E-state index contributed by atoms with van der Waals surface area (Å²) >= 11 is 5.62. The third kappa shape index (κ3) is 1.98. The molecule has 2 nitrogen and oxygen atoms in total. The van der Waals surface area contributed by atoms with Gasteiger partial charge in [-0.2, -0.15) is 0 Å². The van der Waals surface area contributed by atoms with E-state index in [2.05, 4.69) is 0 Å². The number of hydrogen-bond acceptors (Lipinski definition) is 1. The van der Waals surface area contributed by atoms with Crippen LogP contribution in [0, 0.1) is 6.92 Å². The number of carbonyl (C=O) groups excluding carboxylic acids is 1. The molecule has 0 aliphatic rings. The highest BCUT2D eigenvalue weighted by atomic mass is 35.5. The van der Waals surface area contributed by atoms with Crippen LogP contribution in [0.15, 0.2) is 18.2 Å². The van der Waals surface area contributed by atoms with Gasteiger partial charge in [0.05, 0.1) is 0 Å². The van der Waals surface area contributed by atoms with Crippen LogP contribution < -0.4 is 5.73 Å². The van der Waals surface area contributed by atoms with Gasteiger partial charge in [0.15, 0.2) is 0 Å². The minimum Gasteiger partial charge on any atom is -0.366 e. The fourth-order valence-corrected chi connectivity index (χ4v) is 1.24. The standard InChI is InChI=1S/C9H10ClNO/c1-6-2-7(5-10)4-8(3-6)9(11)12/h2-4H,5H2,1H3,(H2,11,12). The van der Waals surface area contributed by atoms with E-state index >= 15 is 0 Å². The molecule has 64 valence electrons. The maximum absolute atomic E-state index is 10.8. The maximum atomic E-state index is 10.8. The van der Waals surface area contributed by atoms with Crippen molar-refractivity contribution >= 4 is 17.5 Å². The summed E-state index contributed by atoms with van der Waals surface area (Å²) < 4.78 is 0. The van der Waals surface area contributed by atoms with Gasteiger partial charge in [-0.3, -0.25) is 4.79 Å². The molecule has 12 heavy (non-hydrogen) atoms. The number of nitrogens with two attached hydrogens (primary N) is 1. The number of carbonyl (C=O) groups is 1. The van der Waals surface area contributed by atoms with Gasteiger partial charge >= 0.3 is 0 Å². The average molecular weight is 184 g/mol. The Balaban J connectivity index is 3.15. The number of primary amides is 1. The number of amides is 1. The summed E-state index contributed by atoms with van der Waals surface area (Å²) in [6.07, 6.45) is 0. The van der Waals surface area contributed by atoms with Crippen LogP contribution in [0.1, 0.15) is 21.5 Å². The van der Waals surface area contributed by atoms with E-state index in [9.17, 15) is 4.79 Å². The lowest BCUT2D eigenvalue weighted by Gasteiger charge is -2.01. The topological polar surface area (TPSA) is 43.1 Å². The molecule has 1 amide bonds. The van der Waals surface area contributed by atoms with Gasteiger partial charge in [-0.25, -0.2) is 0 Å². The molecule has 1 rings (SSSR count). The molecule has 0 aliphatic heterocycles. The van der Waals surface area contributed by atoms with Gasteiger partial charge in [-0.1, -0.05) is 11.6 Å². The first-order valence-electron chi connectivity index (χ1n) is 3.60. The third-order valence-corrected chi connectivity index (χ3v) is 1.88. The normalized spacial score (nSPS) is 9.83. The zero-order valence-electron chi connectivity index (χ0n) is 6.80. The molecule has 0 bridgehead atoms. The smallest absolute Gasteiger partial charge is 0.248 e. The summed E-state index contributed by atoms with van der Waals surface area (Å²) in [4.78, 5) is 10.8. The number of benzene rings is 1. The van der Waals surface area contributed by atoms with Crippen LogP contribution in [-0.2, 0) is 5.88 Å². The summed E-state index contributed by atoms with van der Waals surface area (Å²) in [6.45, 7) is 1.91. The lowest BCUT2D eigenvalue weighted by Crippen LogP contribution is -2.11. The predicted molar refractivity (Wildman–Crippen MR) is 49.3 cm³/mol. The summed E-state index contributed by atoms with van der Waals surface area (Å²) in [6, 6.07) is 5.39. The second-order valence-electron chi connectivity index (χ2n) is 2.71. The molecule has 0 aromatic heterocycles. The van der Waals surface area contributed by atoms with E-state index in [1.807, 2.05) is 13.0 Å². The molecule has 0 heterocycles. The van der Waals surface area contributed by atoms with Crippen molar-refractivity contribution in [1.82, 2.24) is 0 Å². The van der Waals surface area contributed by atoms with Gasteiger partial charge in [0.1, 0.15) is 0 Å². The zero-order valence-corrected chi connectivity index (χ0v) is 7.56. The average Bonchev–Trinajstić information content (AvgIpc) is 2.03. The minimum absolute atomic E-state index is 0.405. The Labute approximate surface area is 76.3 Å². The van der Waals surface area contributed by atoms with E-state index in [-0.39, 0.29) is 0 Å². The highest BCUT2D eigenvalue weighted by Gasteiger charge is 2.02. The summed E-state index contributed by atoms with van der Waals surface area (Å²) in [5, 5.41) is 0. The van der Waals surface area contributed by atoms with Crippen LogP contribution in [0.5, 0.6) is 0 Å². The molecule has 1 aromatic rings. The predicted octanol–water partition coefficient (Wildman–Crippen LogP) is 1.83. The molecule has 0 unspecified atom stereocenters. The van der Waals surface area contributed by atoms with Crippen molar-refractivity contribution in [2.45, 2.75) is 12.8 Å². The fourth-order valence-electron chi connectivity index (χ4n) is 1.08. The van der Waals surface area contributed by atoms with E-state index in [4.69, 9.17) is 17.3 Å². The van der Waals surface area contributed by atoms with Gasteiger partial charge < -0.3 is 5.73 Å². The van der Waals surface area contributed by atoms with Crippen molar-refractivity contribution in [3.63, 3.8) is 0 Å². The number of rotatable bonds is 2. The molecule has 2 N–H and O–H groups in total. The molecule has 0 aliphatic carbocycles. The van der Waals surface area contributed by atoms with Crippen molar-refractivity contribution < 1.29 is 4.79 Å². The van der Waals surface area contributed by atoms with Crippen LogP contribution >= 0.6 is 11.6 Å². The molecule has 0 atom stereocenters. The third-order valence-electron chi connectivity index (χ3n) is 1.58. The van der Waals surface area contributed by atoms with Gasteiger partial charge in [0.2, 0.25) is 5.91 Å². The number of halogens is 1. The Morgan fingerprint density at radius 1 is 1.50 bits per heavy atom. The van der Waals surface area contributed by atoms with Gasteiger partial charge in [0.25, 0.3) is 0 Å². The fraction of sp³-hybridized carbons (Fsp3) is 0.222. The van der Waals surface area contributed by atoms with Crippen molar-refractivity contribution in [2.75, 3.05) is 0 Å². The largest absolute Gasteiger partial charge is 0.366 e. The van der Waals surface area contributed by atoms with Crippen molar-refractivity contribution in [3.8, 4) is 0 Å². The molecular formula is C9H10ClNO. The maximum Gasteiger partial charge on any atom is 0.248 e. The highest BCUT2D eigenvalue weighted by Crippen LogP contribution is 2.11. The zero-order chi connectivity index (χ0) is 9.14. The molecule has 1 aromatic carbocycles. The summed E-state index contributed by atoms with van der Waals surface area (Å²) in [7, 11) is 0. The number of aryl methyl sites for hydroxylation is 1. The summed E-state index contributed by atoms with van der Waals surface area (Å²) in [5.41, 5.74) is 7.57. The Kier molecular flexibility index (Phi) is 2.71. The van der Waals surface area contributed by atoms with Crippen molar-refractivity contribution in [3.05, 3.63) is 34.9 Å². The second kappa shape index (κ2) is 3.59. The highest BCUT2D eigenvalue weighted by molar-refractivity contribution is 6.17. The first-order chi connectivity index (χ1) is 5.63. The first-order valence-corrected chi connectivity index (χ1v) is 4.13. The van der Waals surface area contributed by atoms with Crippen molar-refractivity contribution in [1.29, 1.82) is 0 Å². The SMILES string of the molecule is Cc1cc(CCl)cc(C(N)=O)c1. The molecule has 0 saturated carbocycles. The monoisotopic (exact) mass is 183 g/mol. The molecular weight excluding hydrogens is 174 g/mol. The van der Waals surface area contributed by atoms with Crippen LogP contribution in [0.2, 0.25) is 0 Å². The quantitative estimate of drug-likeness (QED) is 0.699. The van der Waals surface area contributed by atoms with E-state index in [0.717, 1.165) is 11.1 Å². The lowest BCUT2D eigenvalue weighted by atomic mass is 10.1. The molecule has 3 heteroatoms. The lowest BCUT2D eigenvalue weighted by molar-refractivity contribution is 0.1000. The van der Waals surface area contributed by atoms with Gasteiger partial charge in [-0.05, 0) is 24.6 Å². The Hall–Kier alpha value is -1.02.